The molecule has 0 amide bonds. The van der Waals surface area contributed by atoms with Crippen LogP contribution in [0.15, 0.2) is 43.0 Å². The van der Waals surface area contributed by atoms with E-state index in [9.17, 15) is 0 Å². The number of rotatable bonds is 3. The first-order chi connectivity index (χ1) is 7.77. The molecule has 0 aliphatic carbocycles. The summed E-state index contributed by atoms with van der Waals surface area (Å²) >= 11 is 0. The van der Waals surface area contributed by atoms with Crippen LogP contribution < -0.4 is 0 Å². The lowest BCUT2D eigenvalue weighted by Crippen LogP contribution is -2.48. The van der Waals surface area contributed by atoms with Gasteiger partial charge in [0.1, 0.15) is 0 Å². The van der Waals surface area contributed by atoms with Crippen LogP contribution in [0.2, 0.25) is 0 Å². The van der Waals surface area contributed by atoms with Gasteiger partial charge in [0.05, 0.1) is 18.8 Å². The molecular formula is C14H19NO. The van der Waals surface area contributed by atoms with Crippen LogP contribution in [-0.2, 0) is 10.3 Å². The second kappa shape index (κ2) is 4.81. The smallest absolute Gasteiger partial charge is 0.0615 e. The van der Waals surface area contributed by atoms with Crippen LogP contribution >= 0.6 is 0 Å². The molecular weight excluding hydrogens is 198 g/mol. The Kier molecular flexibility index (Phi) is 3.42. The Balaban J connectivity index is 2.27. The molecule has 0 bridgehead atoms. The Labute approximate surface area is 97.5 Å². The molecule has 2 rings (SSSR count). The maximum atomic E-state index is 5.40. The van der Waals surface area contributed by atoms with Gasteiger partial charge >= 0.3 is 0 Å². The number of nitrogens with zero attached hydrogens (tertiary/aromatic N) is 1. The fraction of sp³-hybridized carbons (Fsp3) is 0.429. The molecule has 1 aromatic carbocycles. The molecule has 0 saturated carbocycles. The van der Waals surface area contributed by atoms with Gasteiger partial charge in [0.2, 0.25) is 0 Å². The molecule has 86 valence electrons. The average molecular weight is 217 g/mol. The Hall–Kier alpha value is -1.12. The maximum absolute atomic E-state index is 5.40. The lowest BCUT2D eigenvalue weighted by Gasteiger charge is -2.41. The number of morpholine rings is 1. The molecule has 1 heterocycles. The summed E-state index contributed by atoms with van der Waals surface area (Å²) in [5.41, 5.74) is 1.22. The average Bonchev–Trinajstić information content (AvgIpc) is 2.40. The van der Waals surface area contributed by atoms with E-state index in [-0.39, 0.29) is 5.54 Å². The monoisotopic (exact) mass is 217 g/mol. The van der Waals surface area contributed by atoms with E-state index < -0.39 is 0 Å². The van der Waals surface area contributed by atoms with Gasteiger partial charge in [-0.15, -0.1) is 6.58 Å². The minimum Gasteiger partial charge on any atom is -0.379 e. The van der Waals surface area contributed by atoms with E-state index in [2.05, 4.69) is 42.7 Å². The van der Waals surface area contributed by atoms with Gasteiger partial charge in [-0.1, -0.05) is 36.4 Å². The molecule has 1 unspecified atom stereocenters. The topological polar surface area (TPSA) is 12.5 Å². The Morgan fingerprint density at radius 2 is 1.88 bits per heavy atom. The summed E-state index contributed by atoms with van der Waals surface area (Å²) in [5.74, 6) is 0. The number of hydrogen-bond acceptors (Lipinski definition) is 2. The Morgan fingerprint density at radius 1 is 1.25 bits per heavy atom. The lowest BCUT2D eigenvalue weighted by atomic mass is 9.90. The van der Waals surface area contributed by atoms with Crippen molar-refractivity contribution in [2.75, 3.05) is 26.3 Å². The molecule has 1 atom stereocenters. The first kappa shape index (κ1) is 11.4. The van der Waals surface area contributed by atoms with E-state index in [1.54, 1.807) is 0 Å². The van der Waals surface area contributed by atoms with Crippen molar-refractivity contribution in [3.63, 3.8) is 0 Å². The third kappa shape index (κ3) is 2.04. The van der Waals surface area contributed by atoms with Crippen molar-refractivity contribution < 1.29 is 4.74 Å². The molecule has 1 saturated heterocycles. The third-order valence-corrected chi connectivity index (χ3v) is 3.42. The van der Waals surface area contributed by atoms with Crippen molar-refractivity contribution in [3.8, 4) is 0 Å². The second-order valence-electron chi connectivity index (χ2n) is 4.32. The van der Waals surface area contributed by atoms with E-state index in [4.69, 9.17) is 4.74 Å². The van der Waals surface area contributed by atoms with Crippen LogP contribution in [0.1, 0.15) is 12.5 Å². The standard InChI is InChI=1S/C14H19NO/c1-3-14(2,13-7-5-4-6-8-13)15-9-11-16-12-10-15/h3-8H,1,9-12H2,2H3. The van der Waals surface area contributed by atoms with Gasteiger partial charge in [-0.05, 0) is 12.5 Å². The highest BCUT2D eigenvalue weighted by molar-refractivity contribution is 5.28. The van der Waals surface area contributed by atoms with Gasteiger partial charge in [0, 0.05) is 13.1 Å². The zero-order chi connectivity index (χ0) is 11.4. The van der Waals surface area contributed by atoms with Gasteiger partial charge in [0.15, 0.2) is 0 Å². The van der Waals surface area contributed by atoms with Gasteiger partial charge in [-0.2, -0.15) is 0 Å². The van der Waals surface area contributed by atoms with E-state index in [1.807, 2.05) is 12.1 Å². The highest BCUT2D eigenvalue weighted by Crippen LogP contribution is 2.29. The zero-order valence-corrected chi connectivity index (χ0v) is 9.86. The Morgan fingerprint density at radius 3 is 2.44 bits per heavy atom. The van der Waals surface area contributed by atoms with Crippen molar-refractivity contribution in [2.45, 2.75) is 12.5 Å². The molecule has 1 aliphatic rings. The number of benzene rings is 1. The minimum atomic E-state index is -0.0783. The van der Waals surface area contributed by atoms with Crippen LogP contribution in [-0.4, -0.2) is 31.2 Å². The highest BCUT2D eigenvalue weighted by atomic mass is 16.5. The fourth-order valence-electron chi connectivity index (χ4n) is 2.23. The van der Waals surface area contributed by atoms with Gasteiger partial charge in [-0.25, -0.2) is 0 Å². The minimum absolute atomic E-state index is 0.0783. The highest BCUT2D eigenvalue weighted by Gasteiger charge is 2.31. The molecule has 1 aromatic rings. The molecule has 2 heteroatoms. The molecule has 0 radical (unpaired) electrons. The van der Waals surface area contributed by atoms with E-state index >= 15 is 0 Å². The number of hydrogen-bond donors (Lipinski definition) is 0. The predicted octanol–water partition coefficient (Wildman–Crippen LogP) is 2.42. The van der Waals surface area contributed by atoms with Gasteiger partial charge < -0.3 is 4.74 Å². The number of ether oxygens (including phenoxy) is 1. The molecule has 16 heavy (non-hydrogen) atoms. The first-order valence-corrected chi connectivity index (χ1v) is 5.79. The van der Waals surface area contributed by atoms with Crippen molar-refractivity contribution in [3.05, 3.63) is 48.6 Å². The summed E-state index contributed by atoms with van der Waals surface area (Å²) < 4.78 is 5.40. The SMILES string of the molecule is C=CC(C)(c1ccccc1)N1CCOCC1. The summed E-state index contributed by atoms with van der Waals surface area (Å²) in [5, 5.41) is 0. The normalized spacial score (nSPS) is 21.3. The summed E-state index contributed by atoms with van der Waals surface area (Å²) in [6, 6.07) is 10.5. The van der Waals surface area contributed by atoms with Gasteiger partial charge in [-0.3, -0.25) is 4.90 Å². The quantitative estimate of drug-likeness (QED) is 0.721. The Bertz CT molecular complexity index is 343. The van der Waals surface area contributed by atoms with Crippen molar-refractivity contribution >= 4 is 0 Å². The van der Waals surface area contributed by atoms with Gasteiger partial charge in [0.25, 0.3) is 0 Å². The predicted molar refractivity (Wildman–Crippen MR) is 66.4 cm³/mol. The first-order valence-electron chi connectivity index (χ1n) is 5.79. The van der Waals surface area contributed by atoms with Crippen molar-refractivity contribution in [1.82, 2.24) is 4.90 Å². The second-order valence-corrected chi connectivity index (χ2v) is 4.32. The molecule has 2 nitrogen and oxygen atoms in total. The lowest BCUT2D eigenvalue weighted by molar-refractivity contribution is -0.00184. The van der Waals surface area contributed by atoms with Crippen molar-refractivity contribution in [1.29, 1.82) is 0 Å². The summed E-state index contributed by atoms with van der Waals surface area (Å²) in [4.78, 5) is 2.43. The van der Waals surface area contributed by atoms with Crippen LogP contribution in [0.5, 0.6) is 0 Å². The van der Waals surface area contributed by atoms with E-state index in [1.165, 1.54) is 5.56 Å². The van der Waals surface area contributed by atoms with Crippen LogP contribution in [0, 0.1) is 0 Å². The summed E-state index contributed by atoms with van der Waals surface area (Å²) in [6.45, 7) is 9.80. The van der Waals surface area contributed by atoms with Crippen LogP contribution in [0.4, 0.5) is 0 Å². The van der Waals surface area contributed by atoms with Crippen LogP contribution in [0.3, 0.4) is 0 Å². The van der Waals surface area contributed by atoms with E-state index in [0.29, 0.717) is 0 Å². The summed E-state index contributed by atoms with van der Waals surface area (Å²) in [6.07, 6.45) is 2.04. The van der Waals surface area contributed by atoms with E-state index in [0.717, 1.165) is 26.3 Å². The van der Waals surface area contributed by atoms with Crippen LogP contribution in [0.25, 0.3) is 0 Å². The van der Waals surface area contributed by atoms with Crippen molar-refractivity contribution in [2.24, 2.45) is 0 Å². The molecule has 0 aromatic heterocycles. The molecule has 1 fully saturated rings. The molecule has 0 spiro atoms. The third-order valence-electron chi connectivity index (χ3n) is 3.42. The molecule has 1 aliphatic heterocycles. The largest absolute Gasteiger partial charge is 0.379 e. The maximum Gasteiger partial charge on any atom is 0.0615 e. The molecule has 0 N–H and O–H groups in total. The fourth-order valence-corrected chi connectivity index (χ4v) is 2.23. The summed E-state index contributed by atoms with van der Waals surface area (Å²) in [7, 11) is 0. The zero-order valence-electron chi connectivity index (χ0n) is 9.86.